The van der Waals surface area contributed by atoms with E-state index in [1.807, 2.05) is 50.2 Å². The highest BCUT2D eigenvalue weighted by Gasteiger charge is 2.33. The predicted molar refractivity (Wildman–Crippen MR) is 104 cm³/mol. The van der Waals surface area contributed by atoms with E-state index in [0.717, 1.165) is 5.75 Å². The van der Waals surface area contributed by atoms with Gasteiger partial charge in [0.1, 0.15) is 11.5 Å². The molecule has 1 aliphatic rings. The zero-order chi connectivity index (χ0) is 19.2. The molecule has 2 aromatic rings. The van der Waals surface area contributed by atoms with Crippen molar-refractivity contribution in [3.63, 3.8) is 0 Å². The van der Waals surface area contributed by atoms with Gasteiger partial charge in [-0.3, -0.25) is 9.59 Å². The third-order valence-corrected chi connectivity index (χ3v) is 4.35. The number of hydrogen-bond donors (Lipinski definition) is 1. The molecule has 1 aliphatic heterocycles. The lowest BCUT2D eigenvalue weighted by Gasteiger charge is -2.33. The van der Waals surface area contributed by atoms with Crippen LogP contribution in [0.15, 0.2) is 48.5 Å². The van der Waals surface area contributed by atoms with Gasteiger partial charge in [0.2, 0.25) is 5.91 Å². The Morgan fingerprint density at radius 1 is 1.15 bits per heavy atom. The zero-order valence-corrected chi connectivity index (χ0v) is 15.6. The lowest BCUT2D eigenvalue weighted by Crippen LogP contribution is -2.46. The fraction of sp³-hybridized carbons (Fsp3) is 0.333. The summed E-state index contributed by atoms with van der Waals surface area (Å²) >= 11 is 0. The van der Waals surface area contributed by atoms with Gasteiger partial charge < -0.3 is 19.7 Å². The molecule has 2 amide bonds. The topological polar surface area (TPSA) is 67.9 Å². The van der Waals surface area contributed by atoms with Gasteiger partial charge in [0.25, 0.3) is 5.91 Å². The van der Waals surface area contributed by atoms with Crippen LogP contribution in [0, 0.1) is 0 Å². The van der Waals surface area contributed by atoms with Crippen LogP contribution in [-0.4, -0.2) is 31.1 Å². The van der Waals surface area contributed by atoms with Gasteiger partial charge in [-0.05, 0) is 49.7 Å². The molecule has 1 heterocycles. The molecular weight excluding hydrogens is 344 g/mol. The van der Waals surface area contributed by atoms with Crippen molar-refractivity contribution in [2.45, 2.75) is 32.8 Å². The van der Waals surface area contributed by atoms with E-state index < -0.39 is 6.10 Å². The lowest BCUT2D eigenvalue weighted by molar-refractivity contribution is -0.126. The Bertz CT molecular complexity index is 804. The highest BCUT2D eigenvalue weighted by Crippen LogP contribution is 2.34. The molecule has 0 aliphatic carbocycles. The molecule has 1 atom stereocenters. The van der Waals surface area contributed by atoms with Crippen LogP contribution in [0.4, 0.5) is 11.4 Å². The van der Waals surface area contributed by atoms with Crippen molar-refractivity contribution >= 4 is 23.2 Å². The zero-order valence-electron chi connectivity index (χ0n) is 15.6. The molecule has 0 fully saturated rings. The van der Waals surface area contributed by atoms with Crippen LogP contribution >= 0.6 is 0 Å². The second-order valence-corrected chi connectivity index (χ2v) is 6.23. The average Bonchev–Trinajstić information content (AvgIpc) is 2.68. The smallest absolute Gasteiger partial charge is 0.268 e. The number of benzene rings is 2. The van der Waals surface area contributed by atoms with E-state index in [-0.39, 0.29) is 18.2 Å². The molecule has 3 rings (SSSR count). The quantitative estimate of drug-likeness (QED) is 0.811. The summed E-state index contributed by atoms with van der Waals surface area (Å²) in [5.74, 6) is 1.18. The minimum Gasteiger partial charge on any atom is -0.494 e. The molecule has 1 unspecified atom stereocenters. The van der Waals surface area contributed by atoms with Gasteiger partial charge >= 0.3 is 0 Å². The number of carbonyl (C=O) groups is 2. The van der Waals surface area contributed by atoms with Crippen LogP contribution < -0.4 is 19.7 Å². The highest BCUT2D eigenvalue weighted by atomic mass is 16.5. The number of nitrogens with one attached hydrogen (secondary N) is 1. The van der Waals surface area contributed by atoms with Crippen LogP contribution in [0.2, 0.25) is 0 Å². The second kappa shape index (κ2) is 8.58. The van der Waals surface area contributed by atoms with E-state index in [4.69, 9.17) is 9.47 Å². The summed E-state index contributed by atoms with van der Waals surface area (Å²) in [5, 5.41) is 2.85. The number of nitrogens with zero attached hydrogens (tertiary/aromatic N) is 1. The van der Waals surface area contributed by atoms with E-state index in [1.54, 1.807) is 17.0 Å². The standard InChI is InChI=1S/C21H24N2O4/c1-3-18-21(25)23(17-7-5-6-8-19(17)27-18)14-13-20(24)22-15-9-11-16(12-10-15)26-4-2/h5-12,18H,3-4,13-14H2,1-2H3,(H,22,24). The van der Waals surface area contributed by atoms with E-state index in [0.29, 0.717) is 36.7 Å². The average molecular weight is 368 g/mol. The maximum Gasteiger partial charge on any atom is 0.268 e. The van der Waals surface area contributed by atoms with Crippen LogP contribution in [0.1, 0.15) is 26.7 Å². The highest BCUT2D eigenvalue weighted by molar-refractivity contribution is 6.01. The van der Waals surface area contributed by atoms with E-state index in [1.165, 1.54) is 0 Å². The van der Waals surface area contributed by atoms with Crippen LogP contribution in [0.25, 0.3) is 0 Å². The maximum absolute atomic E-state index is 12.6. The first kappa shape index (κ1) is 18.8. The minimum absolute atomic E-state index is 0.106. The van der Waals surface area contributed by atoms with Crippen molar-refractivity contribution in [3.05, 3.63) is 48.5 Å². The van der Waals surface area contributed by atoms with Crippen LogP contribution in [-0.2, 0) is 9.59 Å². The summed E-state index contributed by atoms with van der Waals surface area (Å²) in [6.45, 7) is 4.73. The van der Waals surface area contributed by atoms with Crippen molar-refractivity contribution in [2.75, 3.05) is 23.4 Å². The lowest BCUT2D eigenvalue weighted by atomic mass is 10.1. The number of fused-ring (bicyclic) bond motifs is 1. The molecule has 2 aromatic carbocycles. The van der Waals surface area contributed by atoms with Gasteiger partial charge in [-0.1, -0.05) is 19.1 Å². The third kappa shape index (κ3) is 4.39. The molecule has 27 heavy (non-hydrogen) atoms. The van der Waals surface area contributed by atoms with Crippen LogP contribution in [0.5, 0.6) is 11.5 Å². The van der Waals surface area contributed by atoms with Gasteiger partial charge in [-0.25, -0.2) is 0 Å². The maximum atomic E-state index is 12.6. The number of anilines is 2. The number of rotatable bonds is 7. The Morgan fingerprint density at radius 3 is 2.59 bits per heavy atom. The van der Waals surface area contributed by atoms with Crippen molar-refractivity contribution in [2.24, 2.45) is 0 Å². The third-order valence-electron chi connectivity index (χ3n) is 4.35. The molecule has 0 saturated heterocycles. The van der Waals surface area contributed by atoms with Crippen LogP contribution in [0.3, 0.4) is 0 Å². The summed E-state index contributed by atoms with van der Waals surface area (Å²) < 4.78 is 11.1. The fourth-order valence-electron chi connectivity index (χ4n) is 3.00. The molecule has 0 saturated carbocycles. The number of ether oxygens (including phenoxy) is 2. The largest absolute Gasteiger partial charge is 0.494 e. The molecule has 142 valence electrons. The van der Waals surface area contributed by atoms with Gasteiger partial charge in [0.15, 0.2) is 6.10 Å². The second-order valence-electron chi connectivity index (χ2n) is 6.23. The Kier molecular flexibility index (Phi) is 5.96. The van der Waals surface area contributed by atoms with Crippen molar-refractivity contribution < 1.29 is 19.1 Å². The number of amides is 2. The van der Waals surface area contributed by atoms with Crippen molar-refractivity contribution in [1.29, 1.82) is 0 Å². The summed E-state index contributed by atoms with van der Waals surface area (Å²) in [6.07, 6.45) is 0.278. The Balaban J connectivity index is 1.63. The van der Waals surface area contributed by atoms with Crippen molar-refractivity contribution in [1.82, 2.24) is 0 Å². The minimum atomic E-state index is -0.505. The Morgan fingerprint density at radius 2 is 1.89 bits per heavy atom. The normalized spacial score (nSPS) is 15.7. The SMILES string of the molecule is CCOc1ccc(NC(=O)CCN2C(=O)C(CC)Oc3ccccc32)cc1. The van der Waals surface area contributed by atoms with Gasteiger partial charge in [0, 0.05) is 18.7 Å². The summed E-state index contributed by atoms with van der Waals surface area (Å²) in [6, 6.07) is 14.6. The first-order valence-corrected chi connectivity index (χ1v) is 9.22. The van der Waals surface area contributed by atoms with Crippen molar-refractivity contribution in [3.8, 4) is 11.5 Å². The fourth-order valence-corrected chi connectivity index (χ4v) is 3.00. The summed E-state index contributed by atoms with van der Waals surface area (Å²) in [4.78, 5) is 26.6. The monoisotopic (exact) mass is 368 g/mol. The van der Waals surface area contributed by atoms with E-state index in [9.17, 15) is 9.59 Å². The summed E-state index contributed by atoms with van der Waals surface area (Å²) in [7, 11) is 0. The molecule has 0 aromatic heterocycles. The molecule has 0 bridgehead atoms. The molecule has 6 nitrogen and oxygen atoms in total. The number of hydrogen-bond acceptors (Lipinski definition) is 4. The predicted octanol–water partition coefficient (Wildman–Crippen LogP) is 3.62. The Hall–Kier alpha value is -3.02. The first-order valence-electron chi connectivity index (χ1n) is 9.22. The molecule has 0 spiro atoms. The van der Waals surface area contributed by atoms with E-state index in [2.05, 4.69) is 5.32 Å². The number of carbonyl (C=O) groups excluding carboxylic acids is 2. The van der Waals surface area contributed by atoms with E-state index >= 15 is 0 Å². The number of para-hydroxylation sites is 2. The molecule has 0 radical (unpaired) electrons. The molecular formula is C21H24N2O4. The molecule has 1 N–H and O–H groups in total. The van der Waals surface area contributed by atoms with Gasteiger partial charge in [-0.15, -0.1) is 0 Å². The Labute approximate surface area is 159 Å². The first-order chi connectivity index (χ1) is 13.1. The van der Waals surface area contributed by atoms with Gasteiger partial charge in [-0.2, -0.15) is 0 Å². The summed E-state index contributed by atoms with van der Waals surface area (Å²) in [5.41, 5.74) is 1.41. The van der Waals surface area contributed by atoms with Gasteiger partial charge in [0.05, 0.1) is 12.3 Å². The molecule has 6 heteroatoms.